The molecule has 0 aliphatic rings. The fraction of sp³-hybridized carbons (Fsp3) is 0.133. The van der Waals surface area contributed by atoms with E-state index in [1.165, 1.54) is 12.3 Å². The highest BCUT2D eigenvalue weighted by Gasteiger charge is 2.18. The minimum absolute atomic E-state index is 0.162. The molecule has 2 aromatic heterocycles. The second-order valence-electron chi connectivity index (χ2n) is 4.80. The van der Waals surface area contributed by atoms with E-state index >= 15 is 0 Å². The Morgan fingerprint density at radius 2 is 2.14 bits per heavy atom. The number of benzene rings is 1. The zero-order valence-corrected chi connectivity index (χ0v) is 11.8. The van der Waals surface area contributed by atoms with E-state index in [1.54, 1.807) is 25.3 Å². The van der Waals surface area contributed by atoms with Crippen LogP contribution in [0.3, 0.4) is 0 Å². The third kappa shape index (κ3) is 2.69. The summed E-state index contributed by atoms with van der Waals surface area (Å²) < 4.78 is 4.98. The number of aromatic nitrogens is 2. The van der Waals surface area contributed by atoms with Crippen molar-refractivity contribution in [3.05, 3.63) is 48.6 Å². The zero-order valence-electron chi connectivity index (χ0n) is 11.8. The molecule has 0 radical (unpaired) electrons. The third-order valence-corrected chi connectivity index (χ3v) is 3.22. The van der Waals surface area contributed by atoms with Crippen molar-refractivity contribution in [2.24, 2.45) is 0 Å². The molecule has 3 rings (SSSR count). The lowest BCUT2D eigenvalue weighted by Crippen LogP contribution is -2.41. The number of carbonyl (C=O) groups excluding carboxylic acids is 2. The van der Waals surface area contributed by atoms with Crippen molar-refractivity contribution >= 4 is 28.4 Å². The molecule has 1 atom stereocenters. The van der Waals surface area contributed by atoms with Gasteiger partial charge >= 0.3 is 0 Å². The number of amides is 2. The number of para-hydroxylation sites is 1. The van der Waals surface area contributed by atoms with Crippen LogP contribution in [0, 0.1) is 0 Å². The highest BCUT2D eigenvalue weighted by atomic mass is 16.3. The van der Waals surface area contributed by atoms with Crippen LogP contribution in [-0.4, -0.2) is 28.1 Å². The summed E-state index contributed by atoms with van der Waals surface area (Å²) in [6, 6.07) is 7.90. The Morgan fingerprint density at radius 1 is 1.27 bits per heavy atom. The van der Waals surface area contributed by atoms with Gasteiger partial charge in [-0.05, 0) is 25.1 Å². The van der Waals surface area contributed by atoms with Crippen LogP contribution in [0.15, 0.2) is 47.2 Å². The Morgan fingerprint density at radius 3 is 2.91 bits per heavy atom. The molecule has 3 aromatic rings. The third-order valence-electron chi connectivity index (χ3n) is 3.22. The highest BCUT2D eigenvalue weighted by molar-refractivity contribution is 6.04. The lowest BCUT2D eigenvalue weighted by molar-refractivity contribution is -0.117. The maximum absolute atomic E-state index is 12.2. The summed E-state index contributed by atoms with van der Waals surface area (Å²) in [7, 11) is 0. The van der Waals surface area contributed by atoms with Gasteiger partial charge in [0.2, 0.25) is 5.91 Å². The van der Waals surface area contributed by atoms with E-state index in [1.807, 2.05) is 12.1 Å². The largest absolute Gasteiger partial charge is 0.459 e. The second-order valence-corrected chi connectivity index (χ2v) is 4.80. The van der Waals surface area contributed by atoms with Crippen LogP contribution in [0.5, 0.6) is 0 Å². The molecule has 0 aliphatic heterocycles. The molecule has 112 valence electrons. The van der Waals surface area contributed by atoms with Crippen molar-refractivity contribution in [2.45, 2.75) is 13.0 Å². The summed E-state index contributed by atoms with van der Waals surface area (Å²) in [5.41, 5.74) is 1.35. The van der Waals surface area contributed by atoms with Crippen molar-refractivity contribution < 1.29 is 14.0 Å². The van der Waals surface area contributed by atoms with Crippen molar-refractivity contribution in [3.8, 4) is 0 Å². The van der Waals surface area contributed by atoms with E-state index in [0.717, 1.165) is 10.9 Å². The first-order chi connectivity index (χ1) is 10.6. The van der Waals surface area contributed by atoms with Crippen LogP contribution in [0.25, 0.3) is 10.9 Å². The summed E-state index contributed by atoms with van der Waals surface area (Å²) >= 11 is 0. The van der Waals surface area contributed by atoms with Gasteiger partial charge in [-0.2, -0.15) is 5.10 Å². The van der Waals surface area contributed by atoms with E-state index in [4.69, 9.17) is 4.42 Å². The van der Waals surface area contributed by atoms with Crippen molar-refractivity contribution in [1.29, 1.82) is 0 Å². The van der Waals surface area contributed by atoms with Gasteiger partial charge in [-0.15, -0.1) is 0 Å². The molecule has 0 saturated heterocycles. The van der Waals surface area contributed by atoms with E-state index < -0.39 is 11.9 Å². The molecule has 7 heteroatoms. The van der Waals surface area contributed by atoms with Gasteiger partial charge in [-0.25, -0.2) is 0 Å². The Hall–Kier alpha value is -3.09. The van der Waals surface area contributed by atoms with Gasteiger partial charge in [-0.3, -0.25) is 14.7 Å². The molecule has 1 aromatic carbocycles. The Balaban J connectivity index is 1.69. The van der Waals surface area contributed by atoms with Gasteiger partial charge in [0, 0.05) is 5.39 Å². The van der Waals surface area contributed by atoms with Crippen LogP contribution in [0.1, 0.15) is 17.5 Å². The summed E-state index contributed by atoms with van der Waals surface area (Å²) in [5.74, 6) is -0.607. The van der Waals surface area contributed by atoms with Gasteiger partial charge < -0.3 is 15.1 Å². The molecule has 0 aliphatic carbocycles. The van der Waals surface area contributed by atoms with E-state index in [0.29, 0.717) is 5.69 Å². The van der Waals surface area contributed by atoms with E-state index in [2.05, 4.69) is 20.8 Å². The fourth-order valence-corrected chi connectivity index (χ4v) is 2.06. The number of rotatable bonds is 4. The van der Waals surface area contributed by atoms with Crippen molar-refractivity contribution in [1.82, 2.24) is 15.5 Å². The first-order valence-electron chi connectivity index (χ1n) is 6.72. The Bertz CT molecular complexity index is 807. The second kappa shape index (κ2) is 5.72. The Kier molecular flexibility index (Phi) is 3.61. The number of hydrogen-bond donors (Lipinski definition) is 3. The van der Waals surface area contributed by atoms with Gasteiger partial charge in [-0.1, -0.05) is 12.1 Å². The molecule has 2 heterocycles. The summed E-state index contributed by atoms with van der Waals surface area (Å²) in [6.07, 6.45) is 3.08. The SMILES string of the molecule is CC(NC(=O)c1ccco1)C(=O)Nc1cccc2cn[nH]c12. The lowest BCUT2D eigenvalue weighted by Gasteiger charge is -2.13. The fourth-order valence-electron chi connectivity index (χ4n) is 2.06. The molecular weight excluding hydrogens is 284 g/mol. The van der Waals surface area contributed by atoms with Gasteiger partial charge in [0.1, 0.15) is 6.04 Å². The number of aromatic amines is 1. The molecule has 7 nitrogen and oxygen atoms in total. The molecule has 1 unspecified atom stereocenters. The normalized spacial score (nSPS) is 12.0. The average molecular weight is 298 g/mol. The van der Waals surface area contributed by atoms with Crippen LogP contribution in [0.4, 0.5) is 5.69 Å². The van der Waals surface area contributed by atoms with E-state index in [-0.39, 0.29) is 11.7 Å². The number of H-pyrrole nitrogens is 1. The van der Waals surface area contributed by atoms with Gasteiger partial charge in [0.15, 0.2) is 5.76 Å². The number of anilines is 1. The molecule has 3 N–H and O–H groups in total. The molecule has 0 bridgehead atoms. The molecule has 0 fully saturated rings. The molecule has 22 heavy (non-hydrogen) atoms. The smallest absolute Gasteiger partial charge is 0.287 e. The Labute approximate surface area is 125 Å². The van der Waals surface area contributed by atoms with Gasteiger partial charge in [0.25, 0.3) is 5.91 Å². The van der Waals surface area contributed by atoms with Crippen molar-refractivity contribution in [3.63, 3.8) is 0 Å². The molecular formula is C15H14N4O3. The van der Waals surface area contributed by atoms with Crippen molar-refractivity contribution in [2.75, 3.05) is 5.32 Å². The number of nitrogens with one attached hydrogen (secondary N) is 3. The quantitative estimate of drug-likeness (QED) is 0.685. The molecule has 0 spiro atoms. The standard InChI is InChI=1S/C15H14N4O3/c1-9(17-15(21)12-6-3-7-22-12)14(20)18-11-5-2-4-10-8-16-19-13(10)11/h2-9H,1H3,(H,16,19)(H,17,21)(H,18,20). The predicted octanol–water partition coefficient (Wildman–Crippen LogP) is 1.91. The summed E-state index contributed by atoms with van der Waals surface area (Å²) in [5, 5.41) is 13.0. The van der Waals surface area contributed by atoms with Gasteiger partial charge in [0.05, 0.1) is 23.7 Å². The number of carbonyl (C=O) groups is 2. The molecule has 0 saturated carbocycles. The number of furan rings is 1. The maximum Gasteiger partial charge on any atom is 0.287 e. The predicted molar refractivity (Wildman–Crippen MR) is 80.4 cm³/mol. The first-order valence-corrected chi connectivity index (χ1v) is 6.72. The van der Waals surface area contributed by atoms with Crippen LogP contribution < -0.4 is 10.6 Å². The minimum atomic E-state index is -0.712. The monoisotopic (exact) mass is 298 g/mol. The topological polar surface area (TPSA) is 100 Å². The first kappa shape index (κ1) is 13.9. The highest BCUT2D eigenvalue weighted by Crippen LogP contribution is 2.20. The maximum atomic E-state index is 12.2. The van der Waals surface area contributed by atoms with Crippen LogP contribution in [-0.2, 0) is 4.79 Å². The minimum Gasteiger partial charge on any atom is -0.459 e. The summed E-state index contributed by atoms with van der Waals surface area (Å²) in [6.45, 7) is 1.60. The van der Waals surface area contributed by atoms with Crippen LogP contribution >= 0.6 is 0 Å². The molecule has 2 amide bonds. The zero-order chi connectivity index (χ0) is 15.5. The summed E-state index contributed by atoms with van der Waals surface area (Å²) in [4.78, 5) is 24.0. The van der Waals surface area contributed by atoms with Crippen LogP contribution in [0.2, 0.25) is 0 Å². The average Bonchev–Trinajstić information content (AvgIpc) is 3.18. The number of fused-ring (bicyclic) bond motifs is 1. The van der Waals surface area contributed by atoms with E-state index in [9.17, 15) is 9.59 Å². The lowest BCUT2D eigenvalue weighted by atomic mass is 10.2. The number of nitrogens with zero attached hydrogens (tertiary/aromatic N) is 1. The number of hydrogen-bond acceptors (Lipinski definition) is 4.